The highest BCUT2D eigenvalue weighted by molar-refractivity contribution is 7.87. The molecular formula is C11H25N5O2S. The third-order valence-corrected chi connectivity index (χ3v) is 5.62. The van der Waals surface area contributed by atoms with Crippen molar-refractivity contribution in [3.05, 3.63) is 0 Å². The van der Waals surface area contributed by atoms with Crippen LogP contribution in [0.25, 0.3) is 0 Å². The molecule has 112 valence electrons. The van der Waals surface area contributed by atoms with E-state index in [2.05, 4.69) is 9.62 Å². The van der Waals surface area contributed by atoms with Crippen molar-refractivity contribution in [1.82, 2.24) is 13.9 Å². The van der Waals surface area contributed by atoms with Gasteiger partial charge in [-0.1, -0.05) is 0 Å². The molecule has 1 aliphatic heterocycles. The van der Waals surface area contributed by atoms with Gasteiger partial charge < -0.3 is 10.6 Å². The number of likely N-dealkylation sites (tertiary alicyclic amines) is 1. The monoisotopic (exact) mass is 291 g/mol. The number of piperidine rings is 1. The Bertz CT molecular complexity index is 426. The van der Waals surface area contributed by atoms with Crippen LogP contribution >= 0.6 is 0 Å². The first-order valence-corrected chi connectivity index (χ1v) is 7.85. The fourth-order valence-corrected chi connectivity index (χ4v) is 3.53. The summed E-state index contributed by atoms with van der Waals surface area (Å²) in [6.07, 6.45) is 1.04. The second-order valence-electron chi connectivity index (χ2n) is 5.52. The van der Waals surface area contributed by atoms with Crippen LogP contribution < -0.4 is 10.5 Å². The zero-order chi connectivity index (χ0) is 14.8. The maximum absolute atomic E-state index is 12.3. The van der Waals surface area contributed by atoms with Gasteiger partial charge in [0.05, 0.1) is 5.54 Å². The summed E-state index contributed by atoms with van der Waals surface area (Å²) in [5, 5.41) is 7.74. The normalized spacial score (nSPS) is 20.9. The molecule has 0 saturated carbocycles. The molecule has 0 spiro atoms. The van der Waals surface area contributed by atoms with Crippen molar-refractivity contribution < 1.29 is 8.42 Å². The lowest BCUT2D eigenvalue weighted by molar-refractivity contribution is 0.216. The summed E-state index contributed by atoms with van der Waals surface area (Å²) in [6.45, 7) is 5.03. The van der Waals surface area contributed by atoms with E-state index in [1.165, 1.54) is 11.4 Å². The van der Waals surface area contributed by atoms with Gasteiger partial charge in [-0.2, -0.15) is 17.4 Å². The van der Waals surface area contributed by atoms with Crippen molar-refractivity contribution >= 4 is 16.0 Å². The van der Waals surface area contributed by atoms with E-state index in [0.717, 1.165) is 0 Å². The molecule has 0 radical (unpaired) electrons. The Labute approximate surface area is 115 Å². The van der Waals surface area contributed by atoms with Crippen LogP contribution in [0.2, 0.25) is 0 Å². The molecule has 1 heterocycles. The highest BCUT2D eigenvalue weighted by atomic mass is 32.2. The highest BCUT2D eigenvalue weighted by Gasteiger charge is 2.41. The lowest BCUT2D eigenvalue weighted by Crippen LogP contribution is -2.63. The molecule has 0 aromatic carbocycles. The minimum atomic E-state index is -3.64. The molecule has 0 aliphatic carbocycles. The predicted octanol–water partition coefficient (Wildman–Crippen LogP) is -0.439. The number of nitrogens with two attached hydrogens (primary N) is 1. The Balaban J connectivity index is 2.95. The van der Waals surface area contributed by atoms with Gasteiger partial charge in [-0.25, -0.2) is 0 Å². The smallest absolute Gasteiger partial charge is 0.280 e. The quantitative estimate of drug-likeness (QED) is 0.472. The molecule has 4 N–H and O–H groups in total. The SMILES string of the molecule is CC(C)N(C)S(=O)(=O)NC1(C(=N)N)CCN(C)CC1. The van der Waals surface area contributed by atoms with Gasteiger partial charge in [0.1, 0.15) is 5.84 Å². The Morgan fingerprint density at radius 2 is 1.89 bits per heavy atom. The number of hydrogen-bond donors (Lipinski definition) is 3. The van der Waals surface area contributed by atoms with Gasteiger partial charge in [0, 0.05) is 26.2 Å². The molecule has 7 nitrogen and oxygen atoms in total. The predicted molar refractivity (Wildman–Crippen MR) is 76.3 cm³/mol. The first-order valence-electron chi connectivity index (χ1n) is 6.41. The Hall–Kier alpha value is -0.700. The van der Waals surface area contributed by atoms with Gasteiger partial charge in [-0.05, 0) is 33.7 Å². The summed E-state index contributed by atoms with van der Waals surface area (Å²) < 4.78 is 28.5. The summed E-state index contributed by atoms with van der Waals surface area (Å²) in [5.74, 6) is -0.110. The van der Waals surface area contributed by atoms with Crippen LogP contribution in [0.1, 0.15) is 26.7 Å². The third kappa shape index (κ3) is 3.65. The summed E-state index contributed by atoms with van der Waals surface area (Å²) in [5.41, 5.74) is 4.70. The zero-order valence-corrected chi connectivity index (χ0v) is 12.9. The van der Waals surface area contributed by atoms with Crippen LogP contribution in [0.3, 0.4) is 0 Å². The second-order valence-corrected chi connectivity index (χ2v) is 7.25. The van der Waals surface area contributed by atoms with Gasteiger partial charge in [0.25, 0.3) is 10.2 Å². The minimum absolute atomic E-state index is 0.110. The Morgan fingerprint density at radius 3 is 2.26 bits per heavy atom. The number of hydrogen-bond acceptors (Lipinski definition) is 4. The first-order chi connectivity index (χ1) is 8.61. The fraction of sp³-hybridized carbons (Fsp3) is 0.909. The van der Waals surface area contributed by atoms with Crippen molar-refractivity contribution in [1.29, 1.82) is 5.41 Å². The maximum atomic E-state index is 12.3. The molecule has 0 atom stereocenters. The Morgan fingerprint density at radius 1 is 1.42 bits per heavy atom. The second kappa shape index (κ2) is 5.74. The highest BCUT2D eigenvalue weighted by Crippen LogP contribution is 2.23. The molecular weight excluding hydrogens is 266 g/mol. The van der Waals surface area contributed by atoms with Gasteiger partial charge >= 0.3 is 0 Å². The molecule has 8 heteroatoms. The number of nitrogens with zero attached hydrogens (tertiary/aromatic N) is 2. The van der Waals surface area contributed by atoms with Crippen molar-refractivity contribution in [3.63, 3.8) is 0 Å². The van der Waals surface area contributed by atoms with Gasteiger partial charge in [0.15, 0.2) is 0 Å². The molecule has 19 heavy (non-hydrogen) atoms. The zero-order valence-electron chi connectivity index (χ0n) is 12.1. The van der Waals surface area contributed by atoms with E-state index >= 15 is 0 Å². The molecule has 1 fully saturated rings. The van der Waals surface area contributed by atoms with Gasteiger partial charge in [0.2, 0.25) is 0 Å². The summed E-state index contributed by atoms with van der Waals surface area (Å²) >= 11 is 0. The Kier molecular flexibility index (Phi) is 4.94. The van der Waals surface area contributed by atoms with Gasteiger partial charge in [-0.3, -0.25) is 5.41 Å². The first kappa shape index (κ1) is 16.4. The molecule has 0 unspecified atom stereocenters. The van der Waals surface area contributed by atoms with Gasteiger partial charge in [-0.15, -0.1) is 0 Å². The van der Waals surface area contributed by atoms with Crippen molar-refractivity contribution in [2.75, 3.05) is 27.2 Å². The van der Waals surface area contributed by atoms with Crippen molar-refractivity contribution in [2.45, 2.75) is 38.3 Å². The van der Waals surface area contributed by atoms with Crippen molar-refractivity contribution in [2.24, 2.45) is 5.73 Å². The molecule has 1 aliphatic rings. The van der Waals surface area contributed by atoms with Crippen LogP contribution in [0.5, 0.6) is 0 Å². The van der Waals surface area contributed by atoms with E-state index in [0.29, 0.717) is 25.9 Å². The van der Waals surface area contributed by atoms with E-state index in [9.17, 15) is 8.42 Å². The number of rotatable bonds is 5. The van der Waals surface area contributed by atoms with Crippen molar-refractivity contribution in [3.8, 4) is 0 Å². The molecule has 1 saturated heterocycles. The van der Waals surface area contributed by atoms with Crippen LogP contribution in [-0.4, -0.2) is 62.2 Å². The lowest BCUT2D eigenvalue weighted by Gasteiger charge is -2.41. The largest absolute Gasteiger partial charge is 0.386 e. The third-order valence-electron chi connectivity index (χ3n) is 3.79. The summed E-state index contributed by atoms with van der Waals surface area (Å²) in [6, 6.07) is -0.146. The minimum Gasteiger partial charge on any atom is -0.386 e. The fourth-order valence-electron chi connectivity index (χ4n) is 2.02. The molecule has 0 aromatic heterocycles. The summed E-state index contributed by atoms with van der Waals surface area (Å²) in [7, 11) is -0.141. The average Bonchev–Trinajstić information content (AvgIpc) is 2.30. The lowest BCUT2D eigenvalue weighted by atomic mass is 9.88. The number of nitrogens with one attached hydrogen (secondary N) is 2. The molecule has 0 amide bonds. The topological polar surface area (TPSA) is 103 Å². The maximum Gasteiger partial charge on any atom is 0.280 e. The standard InChI is InChI=1S/C11H25N5O2S/c1-9(2)16(4)19(17,18)14-11(10(12)13)5-7-15(3)8-6-11/h9,14H,5-8H2,1-4H3,(H3,12,13). The van der Waals surface area contributed by atoms with E-state index in [-0.39, 0.29) is 11.9 Å². The molecule has 0 aromatic rings. The van der Waals surface area contributed by atoms with Crippen LogP contribution in [0.4, 0.5) is 0 Å². The van der Waals surface area contributed by atoms with E-state index in [1.807, 2.05) is 7.05 Å². The van der Waals surface area contributed by atoms with Crippen LogP contribution in [0.15, 0.2) is 0 Å². The molecule has 1 rings (SSSR count). The van der Waals surface area contributed by atoms with E-state index in [4.69, 9.17) is 11.1 Å². The molecule has 0 bridgehead atoms. The number of amidine groups is 1. The van der Waals surface area contributed by atoms with E-state index in [1.54, 1.807) is 13.8 Å². The average molecular weight is 291 g/mol. The van der Waals surface area contributed by atoms with Crippen LogP contribution in [-0.2, 0) is 10.2 Å². The van der Waals surface area contributed by atoms with Crippen LogP contribution in [0, 0.1) is 5.41 Å². The van der Waals surface area contributed by atoms with E-state index < -0.39 is 15.7 Å². The summed E-state index contributed by atoms with van der Waals surface area (Å²) in [4.78, 5) is 2.10.